The van der Waals surface area contributed by atoms with Crippen molar-refractivity contribution in [3.63, 3.8) is 0 Å². The van der Waals surface area contributed by atoms with E-state index in [2.05, 4.69) is 17.9 Å². The highest BCUT2D eigenvalue weighted by atomic mass is 32.2. The average molecular weight is 305 g/mol. The highest BCUT2D eigenvalue weighted by Crippen LogP contribution is 2.20. The summed E-state index contributed by atoms with van der Waals surface area (Å²) < 4.78 is 26.7. The van der Waals surface area contributed by atoms with Crippen molar-refractivity contribution in [2.24, 2.45) is 11.7 Å². The Labute approximate surface area is 126 Å². The van der Waals surface area contributed by atoms with Crippen LogP contribution in [0.25, 0.3) is 0 Å². The lowest BCUT2D eigenvalue weighted by atomic mass is 10.2. The fraction of sp³-hybridized carbons (Fsp3) is 0.400. The van der Waals surface area contributed by atoms with Gasteiger partial charge >= 0.3 is 0 Å². The Hall–Kier alpha value is -1.86. The molecule has 6 heteroatoms. The summed E-state index contributed by atoms with van der Waals surface area (Å²) in [6.45, 7) is 4.06. The maximum atomic E-state index is 12.7. The van der Waals surface area contributed by atoms with Gasteiger partial charge in [0, 0.05) is 18.7 Å². The van der Waals surface area contributed by atoms with E-state index in [0.29, 0.717) is 12.1 Å². The van der Waals surface area contributed by atoms with Gasteiger partial charge in [0.15, 0.2) is 0 Å². The third-order valence-corrected chi connectivity index (χ3v) is 4.88. The molecule has 1 aromatic rings. The van der Waals surface area contributed by atoms with Gasteiger partial charge in [-0.2, -0.15) is 9.57 Å². The van der Waals surface area contributed by atoms with Crippen molar-refractivity contribution in [1.29, 1.82) is 5.26 Å². The maximum Gasteiger partial charge on any atom is 0.244 e. The van der Waals surface area contributed by atoms with E-state index < -0.39 is 10.0 Å². The second kappa shape index (κ2) is 7.80. The molecule has 2 N–H and O–H groups in total. The lowest BCUT2D eigenvalue weighted by Gasteiger charge is -2.22. The van der Waals surface area contributed by atoms with E-state index in [4.69, 9.17) is 11.0 Å². The number of rotatable bonds is 5. The largest absolute Gasteiger partial charge is 0.320 e. The number of hydrogen-bond donors (Lipinski definition) is 1. The standard InChI is InChI=1S/C15H19N3O2S/c1-3-18(12-13(2)11-17)21(19,20)15-9-5-4-7-14(15)8-6-10-16/h4-5,7,9,13H,3,10,12,16H2,1-2H3. The highest BCUT2D eigenvalue weighted by molar-refractivity contribution is 7.89. The lowest BCUT2D eigenvalue weighted by Crippen LogP contribution is -2.34. The van der Waals surface area contributed by atoms with Crippen molar-refractivity contribution >= 4 is 10.0 Å². The smallest absolute Gasteiger partial charge is 0.244 e. The summed E-state index contributed by atoms with van der Waals surface area (Å²) in [6.07, 6.45) is 0. The molecule has 0 spiro atoms. The predicted molar refractivity (Wildman–Crippen MR) is 81.6 cm³/mol. The van der Waals surface area contributed by atoms with Crippen LogP contribution in [0.1, 0.15) is 19.4 Å². The van der Waals surface area contributed by atoms with Gasteiger partial charge in [-0.05, 0) is 19.1 Å². The zero-order chi connectivity index (χ0) is 15.9. The van der Waals surface area contributed by atoms with Crippen molar-refractivity contribution in [2.45, 2.75) is 18.7 Å². The zero-order valence-electron chi connectivity index (χ0n) is 12.2. The van der Waals surface area contributed by atoms with Gasteiger partial charge in [-0.15, -0.1) is 0 Å². The van der Waals surface area contributed by atoms with Crippen LogP contribution < -0.4 is 5.73 Å². The van der Waals surface area contributed by atoms with E-state index in [9.17, 15) is 8.42 Å². The van der Waals surface area contributed by atoms with Gasteiger partial charge in [0.05, 0.1) is 23.4 Å². The Bertz CT molecular complexity index is 681. The van der Waals surface area contributed by atoms with E-state index in [1.165, 1.54) is 10.4 Å². The molecule has 0 aliphatic rings. The van der Waals surface area contributed by atoms with E-state index in [1.54, 1.807) is 32.0 Å². The molecule has 0 radical (unpaired) electrons. The molecule has 0 saturated carbocycles. The first-order valence-electron chi connectivity index (χ1n) is 6.65. The monoisotopic (exact) mass is 305 g/mol. The number of nitriles is 1. The molecular formula is C15H19N3O2S. The van der Waals surface area contributed by atoms with Gasteiger partial charge < -0.3 is 5.73 Å². The molecule has 21 heavy (non-hydrogen) atoms. The summed E-state index contributed by atoms with van der Waals surface area (Å²) >= 11 is 0. The van der Waals surface area contributed by atoms with Gasteiger partial charge in [0.25, 0.3) is 0 Å². The Morgan fingerprint density at radius 3 is 2.62 bits per heavy atom. The van der Waals surface area contributed by atoms with Gasteiger partial charge in [-0.3, -0.25) is 0 Å². The van der Waals surface area contributed by atoms with Crippen LogP contribution in [0.5, 0.6) is 0 Å². The molecule has 0 saturated heterocycles. The third kappa shape index (κ3) is 4.30. The SMILES string of the molecule is CCN(CC(C)C#N)S(=O)(=O)c1ccccc1C#CCN. The van der Waals surface area contributed by atoms with Gasteiger partial charge in [-0.25, -0.2) is 8.42 Å². The molecule has 5 nitrogen and oxygen atoms in total. The van der Waals surface area contributed by atoms with E-state index in [0.717, 1.165) is 0 Å². The van der Waals surface area contributed by atoms with Crippen molar-refractivity contribution in [3.8, 4) is 17.9 Å². The second-order valence-electron chi connectivity index (χ2n) is 4.49. The molecule has 0 amide bonds. The number of benzene rings is 1. The molecular weight excluding hydrogens is 286 g/mol. The van der Waals surface area contributed by atoms with Crippen LogP contribution in [0.4, 0.5) is 0 Å². The Morgan fingerprint density at radius 1 is 1.38 bits per heavy atom. The van der Waals surface area contributed by atoms with Crippen LogP contribution >= 0.6 is 0 Å². The van der Waals surface area contributed by atoms with Crippen molar-refractivity contribution in [1.82, 2.24) is 4.31 Å². The first-order valence-corrected chi connectivity index (χ1v) is 8.09. The molecule has 0 aromatic heterocycles. The average Bonchev–Trinajstić information content (AvgIpc) is 2.50. The summed E-state index contributed by atoms with van der Waals surface area (Å²) in [5, 5.41) is 8.88. The minimum absolute atomic E-state index is 0.151. The molecule has 0 aliphatic carbocycles. The topological polar surface area (TPSA) is 87.2 Å². The summed E-state index contributed by atoms with van der Waals surface area (Å²) in [5.74, 6) is 5.07. The highest BCUT2D eigenvalue weighted by Gasteiger charge is 2.26. The number of hydrogen-bond acceptors (Lipinski definition) is 4. The van der Waals surface area contributed by atoms with Crippen LogP contribution in [0, 0.1) is 29.1 Å². The number of sulfonamides is 1. The van der Waals surface area contributed by atoms with Crippen molar-refractivity contribution < 1.29 is 8.42 Å². The van der Waals surface area contributed by atoms with Crippen LogP contribution in [-0.4, -0.2) is 32.4 Å². The quantitative estimate of drug-likeness (QED) is 0.827. The second-order valence-corrected chi connectivity index (χ2v) is 6.39. The predicted octanol–water partition coefficient (Wildman–Crippen LogP) is 1.17. The maximum absolute atomic E-state index is 12.7. The minimum atomic E-state index is -3.68. The van der Waals surface area contributed by atoms with Gasteiger partial charge in [0.2, 0.25) is 10.0 Å². The number of nitrogens with zero attached hydrogens (tertiary/aromatic N) is 2. The molecule has 0 fully saturated rings. The zero-order valence-corrected chi connectivity index (χ0v) is 13.0. The van der Waals surface area contributed by atoms with Crippen molar-refractivity contribution in [2.75, 3.05) is 19.6 Å². The molecule has 112 valence electrons. The Kier molecular flexibility index (Phi) is 6.39. The molecule has 1 aromatic carbocycles. The Morgan fingerprint density at radius 2 is 2.05 bits per heavy atom. The van der Waals surface area contributed by atoms with Gasteiger partial charge in [-0.1, -0.05) is 30.9 Å². The summed E-state index contributed by atoms with van der Waals surface area (Å²) in [7, 11) is -3.68. The Balaban J connectivity index is 3.27. The van der Waals surface area contributed by atoms with E-state index >= 15 is 0 Å². The minimum Gasteiger partial charge on any atom is -0.320 e. The van der Waals surface area contributed by atoms with Gasteiger partial charge in [0.1, 0.15) is 0 Å². The summed E-state index contributed by atoms with van der Waals surface area (Å²) in [5.41, 5.74) is 5.76. The molecule has 0 heterocycles. The fourth-order valence-corrected chi connectivity index (χ4v) is 3.51. The van der Waals surface area contributed by atoms with E-state index in [-0.39, 0.29) is 23.9 Å². The third-order valence-electron chi connectivity index (χ3n) is 2.88. The lowest BCUT2D eigenvalue weighted by molar-refractivity contribution is 0.399. The molecule has 0 bridgehead atoms. The van der Waals surface area contributed by atoms with Crippen molar-refractivity contribution in [3.05, 3.63) is 29.8 Å². The summed E-state index contributed by atoms with van der Waals surface area (Å²) in [6, 6.07) is 8.61. The van der Waals surface area contributed by atoms with Crippen LogP contribution in [0.15, 0.2) is 29.2 Å². The summed E-state index contributed by atoms with van der Waals surface area (Å²) in [4.78, 5) is 0.151. The van der Waals surface area contributed by atoms with Crippen LogP contribution in [0.2, 0.25) is 0 Å². The fourth-order valence-electron chi connectivity index (χ4n) is 1.82. The molecule has 1 rings (SSSR count). The molecule has 1 unspecified atom stereocenters. The van der Waals surface area contributed by atoms with Crippen LogP contribution in [0.3, 0.4) is 0 Å². The normalized spacial score (nSPS) is 12.3. The number of nitrogens with two attached hydrogens (primary N) is 1. The molecule has 1 atom stereocenters. The first kappa shape index (κ1) is 17.2. The van der Waals surface area contributed by atoms with Crippen LogP contribution in [-0.2, 0) is 10.0 Å². The first-order chi connectivity index (χ1) is 9.97. The van der Waals surface area contributed by atoms with E-state index in [1.807, 2.05) is 0 Å². The molecule has 0 aliphatic heterocycles.